The van der Waals surface area contributed by atoms with Crippen LogP contribution >= 0.6 is 0 Å². The molecule has 6 heterocycles. The minimum absolute atomic E-state index is 0.142. The summed E-state index contributed by atoms with van der Waals surface area (Å²) in [5, 5.41) is 29.4. The summed E-state index contributed by atoms with van der Waals surface area (Å²) in [5.41, 5.74) is 5.45. The van der Waals surface area contributed by atoms with Crippen molar-refractivity contribution in [3.63, 3.8) is 0 Å². The fourth-order valence-electron chi connectivity index (χ4n) is 9.96. The number of rotatable bonds is 13. The summed E-state index contributed by atoms with van der Waals surface area (Å²) in [5.74, 6) is -0.540. The molecule has 4 aromatic heterocycles. The summed E-state index contributed by atoms with van der Waals surface area (Å²) in [4.78, 5) is 54.1. The Labute approximate surface area is 366 Å². The average Bonchev–Trinajstić information content (AvgIpc) is 4.07. The van der Waals surface area contributed by atoms with Gasteiger partial charge in [0.1, 0.15) is 16.7 Å². The third-order valence-corrected chi connectivity index (χ3v) is 13.5. The van der Waals surface area contributed by atoms with Crippen LogP contribution in [0.1, 0.15) is 79.4 Å². The van der Waals surface area contributed by atoms with Crippen LogP contribution in [-0.4, -0.2) is 89.6 Å². The van der Waals surface area contributed by atoms with Crippen molar-refractivity contribution in [2.75, 3.05) is 36.8 Å². The van der Waals surface area contributed by atoms with Crippen molar-refractivity contribution < 1.29 is 28.0 Å². The minimum Gasteiger partial charge on any atom is -0.384 e. The first-order valence-corrected chi connectivity index (χ1v) is 22.1. The number of piperidine rings is 2. The molecule has 2 aliphatic carbocycles. The molecule has 2 aliphatic heterocycles. The number of imide groups is 1. The SMILES string of the molecule is CC[C@@]1(O)CCc2ccc(-n3c4nc(Nc5ccc(NCCNC6CCN(C7Cc8ccc9c(C%10CCC(=O)NC%10=O)noc9c8C7)CC6)cc5)ncc4c(=O)n3CC=C(F)F)nc21. The molecule has 64 heavy (non-hydrogen) atoms. The van der Waals surface area contributed by atoms with E-state index in [1.54, 1.807) is 6.07 Å². The number of hydrogen-bond acceptors (Lipinski definition) is 13. The van der Waals surface area contributed by atoms with Gasteiger partial charge in [-0.25, -0.2) is 19.3 Å². The number of aryl methyl sites for hydroxylation is 1. The zero-order valence-electron chi connectivity index (χ0n) is 35.4. The lowest BCUT2D eigenvalue weighted by Crippen LogP contribution is -2.47. The van der Waals surface area contributed by atoms with Gasteiger partial charge in [0.2, 0.25) is 17.8 Å². The number of carbonyl (C=O) groups excluding carboxylic acids is 2. The summed E-state index contributed by atoms with van der Waals surface area (Å²) in [6, 6.07) is 16.2. The molecule has 2 unspecified atom stereocenters. The lowest BCUT2D eigenvalue weighted by atomic mass is 9.92. The van der Waals surface area contributed by atoms with Crippen molar-refractivity contribution >= 4 is 51.1 Å². The Morgan fingerprint density at radius 1 is 0.953 bits per heavy atom. The number of halogens is 2. The Morgan fingerprint density at radius 3 is 2.53 bits per heavy atom. The van der Waals surface area contributed by atoms with E-state index >= 15 is 0 Å². The lowest BCUT2D eigenvalue weighted by Gasteiger charge is -2.36. The molecule has 16 nitrogen and oxygen atoms in total. The monoisotopic (exact) mass is 873 g/mol. The van der Waals surface area contributed by atoms with E-state index in [4.69, 9.17) is 9.51 Å². The first kappa shape index (κ1) is 41.6. The molecule has 6 aromatic rings. The molecule has 3 atom stereocenters. The molecule has 2 amide bonds. The zero-order valence-corrected chi connectivity index (χ0v) is 35.4. The molecule has 18 heteroatoms. The normalized spacial score (nSPS) is 21.3. The molecule has 10 rings (SSSR count). The first-order valence-electron chi connectivity index (χ1n) is 22.1. The van der Waals surface area contributed by atoms with Crippen LogP contribution in [0, 0.1) is 0 Å². The second-order valence-electron chi connectivity index (χ2n) is 17.3. The number of allylic oxidation sites excluding steroid dienone is 1. The second-order valence-corrected chi connectivity index (χ2v) is 17.3. The van der Waals surface area contributed by atoms with Crippen LogP contribution < -0.4 is 26.8 Å². The first-order chi connectivity index (χ1) is 31.0. The van der Waals surface area contributed by atoms with Crippen LogP contribution in [0.15, 0.2) is 76.2 Å². The van der Waals surface area contributed by atoms with Crippen molar-refractivity contribution in [3.05, 3.63) is 105 Å². The van der Waals surface area contributed by atoms with Crippen molar-refractivity contribution in [3.8, 4) is 5.82 Å². The third-order valence-electron chi connectivity index (χ3n) is 13.5. The molecule has 2 aromatic carbocycles. The zero-order chi connectivity index (χ0) is 44.1. The maximum atomic E-state index is 13.5. The number of hydrogen-bond donors (Lipinski definition) is 5. The Morgan fingerprint density at radius 2 is 1.75 bits per heavy atom. The van der Waals surface area contributed by atoms with Crippen molar-refractivity contribution in [1.82, 2.24) is 45.0 Å². The van der Waals surface area contributed by atoms with Gasteiger partial charge >= 0.3 is 0 Å². The highest BCUT2D eigenvalue weighted by molar-refractivity contribution is 6.02. The van der Waals surface area contributed by atoms with Gasteiger partial charge < -0.3 is 25.6 Å². The van der Waals surface area contributed by atoms with Crippen molar-refractivity contribution in [1.29, 1.82) is 0 Å². The number of aromatic nitrogens is 6. The van der Waals surface area contributed by atoms with Gasteiger partial charge in [0.15, 0.2) is 17.0 Å². The summed E-state index contributed by atoms with van der Waals surface area (Å²) in [7, 11) is 0. The number of nitrogens with zero attached hydrogens (tertiary/aromatic N) is 7. The van der Waals surface area contributed by atoms with E-state index in [1.165, 1.54) is 22.0 Å². The van der Waals surface area contributed by atoms with Gasteiger partial charge in [0.25, 0.3) is 11.6 Å². The van der Waals surface area contributed by atoms with E-state index < -0.39 is 29.7 Å². The van der Waals surface area contributed by atoms with Gasteiger partial charge in [0, 0.05) is 66.2 Å². The summed E-state index contributed by atoms with van der Waals surface area (Å²) < 4.78 is 34.9. The number of aliphatic hydroxyl groups is 1. The molecule has 0 saturated carbocycles. The highest BCUT2D eigenvalue weighted by Crippen LogP contribution is 2.39. The van der Waals surface area contributed by atoms with Gasteiger partial charge in [-0.15, -0.1) is 0 Å². The average molecular weight is 874 g/mol. The van der Waals surface area contributed by atoms with Gasteiger partial charge in [-0.1, -0.05) is 24.2 Å². The Kier molecular flexibility index (Phi) is 11.0. The van der Waals surface area contributed by atoms with Crippen LogP contribution in [-0.2, 0) is 41.0 Å². The van der Waals surface area contributed by atoms with Gasteiger partial charge in [0.05, 0.1) is 18.2 Å². The van der Waals surface area contributed by atoms with E-state index in [2.05, 4.69) is 47.4 Å². The predicted molar refractivity (Wildman–Crippen MR) is 235 cm³/mol. The highest BCUT2D eigenvalue weighted by Gasteiger charge is 2.38. The number of nitrogens with one attached hydrogen (secondary N) is 4. The Bertz CT molecular complexity index is 2860. The largest absolute Gasteiger partial charge is 0.384 e. The molecule has 0 spiro atoms. The van der Waals surface area contributed by atoms with Gasteiger partial charge in [-0.05, 0) is 112 Å². The van der Waals surface area contributed by atoms with E-state index in [9.17, 15) is 28.3 Å². The number of benzene rings is 2. The maximum Gasteiger partial charge on any atom is 0.278 e. The van der Waals surface area contributed by atoms with Gasteiger partial charge in [-0.3, -0.25) is 24.6 Å². The Balaban J connectivity index is 0.725. The van der Waals surface area contributed by atoms with Crippen LogP contribution in [0.2, 0.25) is 0 Å². The molecule has 2 saturated heterocycles. The third kappa shape index (κ3) is 7.83. The molecule has 2 fully saturated rings. The molecule has 0 bridgehead atoms. The number of fused-ring (bicyclic) bond motifs is 5. The van der Waals surface area contributed by atoms with Crippen LogP contribution in [0.3, 0.4) is 0 Å². The second kappa shape index (κ2) is 17.0. The van der Waals surface area contributed by atoms with Crippen LogP contribution in [0.5, 0.6) is 0 Å². The van der Waals surface area contributed by atoms with Crippen molar-refractivity contribution in [2.24, 2.45) is 0 Å². The predicted octanol–water partition coefficient (Wildman–Crippen LogP) is 5.34. The van der Waals surface area contributed by atoms with E-state index in [0.29, 0.717) is 67.3 Å². The standard InChI is InChI=1S/C46H49F2N11O5/c1-2-46(63)17-13-26-4-11-37(53-41(26)46)59-42-35(44(62)58(59)22-16-36(47)48)25-51-45(55-42)52-30-7-5-28(6-8-30)49-18-19-50-29-14-20-57(21-15-29)31-23-27-3-9-32-39(56-64-40(32)34(27)24-31)33-10-12-38(60)54-43(33)61/h3-9,11,16,25,29,31,33,49-50,63H,2,10,12-15,17-24H2,1H3,(H,51,52,55)(H,54,60,61)/t31?,33?,46-/m1/s1. The van der Waals surface area contributed by atoms with Gasteiger partial charge in [-0.2, -0.15) is 13.8 Å². The molecule has 0 radical (unpaired) electrons. The molecular formula is C46H49F2N11O5. The quantitative estimate of drug-likeness (QED) is 0.0738. The molecule has 332 valence electrons. The van der Waals surface area contributed by atoms with Crippen LogP contribution in [0.25, 0.3) is 27.8 Å². The fourth-order valence-corrected chi connectivity index (χ4v) is 9.96. The highest BCUT2D eigenvalue weighted by atomic mass is 19.3. The molecular weight excluding hydrogens is 825 g/mol. The van der Waals surface area contributed by atoms with Crippen molar-refractivity contribution in [2.45, 2.75) is 94.9 Å². The summed E-state index contributed by atoms with van der Waals surface area (Å²) in [6.07, 6.45) is 6.46. The number of amides is 2. The fraction of sp³-hybridized carbons (Fsp3) is 0.413. The topological polar surface area (TPSA) is 197 Å². The molecule has 5 N–H and O–H groups in total. The number of likely N-dealkylation sites (tertiary alicyclic amines) is 1. The summed E-state index contributed by atoms with van der Waals surface area (Å²) >= 11 is 0. The minimum atomic E-state index is -1.92. The number of anilines is 3. The van der Waals surface area contributed by atoms with E-state index in [1.807, 2.05) is 43.3 Å². The van der Waals surface area contributed by atoms with E-state index in [0.717, 1.165) is 78.8 Å². The lowest BCUT2D eigenvalue weighted by molar-refractivity contribution is -0.134. The number of pyridine rings is 1. The number of carbonyl (C=O) groups is 2. The molecule has 4 aliphatic rings. The van der Waals surface area contributed by atoms with Crippen LogP contribution in [0.4, 0.5) is 26.1 Å². The Hall–Kier alpha value is -6.37. The smallest absolute Gasteiger partial charge is 0.278 e. The maximum absolute atomic E-state index is 13.5. The van der Waals surface area contributed by atoms with E-state index in [-0.39, 0.29) is 34.6 Å². The summed E-state index contributed by atoms with van der Waals surface area (Å²) in [6.45, 7) is 5.02.